The van der Waals surface area contributed by atoms with Crippen LogP contribution in [0.3, 0.4) is 0 Å². The summed E-state index contributed by atoms with van der Waals surface area (Å²) in [6.07, 6.45) is 0. The van der Waals surface area contributed by atoms with Gasteiger partial charge in [0.05, 0.1) is 11.0 Å². The van der Waals surface area contributed by atoms with Crippen LogP contribution in [0, 0.1) is 10.1 Å². The molecule has 0 saturated heterocycles. The lowest BCUT2D eigenvalue weighted by Crippen LogP contribution is -2.28. The molecule has 0 spiro atoms. The number of benzene rings is 1. The molecule has 10 nitrogen and oxygen atoms in total. The summed E-state index contributed by atoms with van der Waals surface area (Å²) in [4.78, 5) is 9.68. The second-order valence-electron chi connectivity index (χ2n) is 3.84. The van der Waals surface area contributed by atoms with Crippen molar-refractivity contribution in [1.29, 1.82) is 0 Å². The first kappa shape index (κ1) is 14.0. The zero-order valence-corrected chi connectivity index (χ0v) is 11.0. The van der Waals surface area contributed by atoms with Crippen LogP contribution in [0.15, 0.2) is 29.2 Å². The van der Waals surface area contributed by atoms with Crippen molar-refractivity contribution in [3.63, 3.8) is 0 Å². The van der Waals surface area contributed by atoms with Gasteiger partial charge in [0.2, 0.25) is 10.0 Å². The van der Waals surface area contributed by atoms with Gasteiger partial charge < -0.3 is 0 Å². The van der Waals surface area contributed by atoms with Gasteiger partial charge >= 0.3 is 0 Å². The van der Waals surface area contributed by atoms with Crippen molar-refractivity contribution in [2.75, 3.05) is 0 Å². The average Bonchev–Trinajstić information content (AvgIpc) is 2.92. The second kappa shape index (κ2) is 5.30. The lowest BCUT2D eigenvalue weighted by atomic mass is 10.3. The molecule has 0 saturated carbocycles. The summed E-state index contributed by atoms with van der Waals surface area (Å²) >= 11 is 0. The maximum Gasteiger partial charge on any atom is 0.289 e. The molecule has 106 valence electrons. The summed E-state index contributed by atoms with van der Waals surface area (Å²) in [5, 5.41) is 23.6. The molecule has 0 aliphatic heterocycles. The van der Waals surface area contributed by atoms with Gasteiger partial charge in [-0.3, -0.25) is 10.1 Å². The summed E-state index contributed by atoms with van der Waals surface area (Å²) < 4.78 is 26.6. The zero-order chi connectivity index (χ0) is 14.8. The topological polar surface area (TPSA) is 144 Å². The van der Waals surface area contributed by atoms with E-state index >= 15 is 0 Å². The molecule has 2 aromatic rings. The van der Waals surface area contributed by atoms with Gasteiger partial charge in [0.15, 0.2) is 10.7 Å². The number of nitro groups is 1. The molecule has 1 heterocycles. The lowest BCUT2D eigenvalue weighted by molar-refractivity contribution is -0.387. The van der Waals surface area contributed by atoms with Gasteiger partial charge in [-0.05, 0) is 13.0 Å². The van der Waals surface area contributed by atoms with Crippen LogP contribution in [0.1, 0.15) is 18.8 Å². The van der Waals surface area contributed by atoms with E-state index in [2.05, 4.69) is 25.3 Å². The summed E-state index contributed by atoms with van der Waals surface area (Å²) in [6.45, 7) is 1.50. The molecule has 11 heteroatoms. The molecule has 2 rings (SSSR count). The van der Waals surface area contributed by atoms with E-state index in [0.29, 0.717) is 0 Å². The molecule has 1 atom stereocenters. The highest BCUT2D eigenvalue weighted by Gasteiger charge is 2.27. The van der Waals surface area contributed by atoms with Crippen LogP contribution < -0.4 is 4.72 Å². The maximum atomic E-state index is 12.2. The van der Waals surface area contributed by atoms with Gasteiger partial charge in [-0.25, -0.2) is 13.1 Å². The third-order valence-corrected chi connectivity index (χ3v) is 4.02. The standard InChI is InChI=1S/C9H10N6O4S/c1-6(9-10-13-14-11-9)12-20(18,19)8-5-3-2-4-7(8)15(16)17/h2-6,12H,1H3,(H,10,11,13,14). The van der Waals surface area contributed by atoms with E-state index in [4.69, 9.17) is 0 Å². The minimum Gasteiger partial charge on any atom is -0.258 e. The van der Waals surface area contributed by atoms with Gasteiger partial charge in [-0.1, -0.05) is 17.3 Å². The molecule has 2 N–H and O–H groups in total. The van der Waals surface area contributed by atoms with Crippen molar-refractivity contribution in [3.05, 3.63) is 40.2 Å². The number of H-pyrrole nitrogens is 1. The molecule has 0 bridgehead atoms. The molecular weight excluding hydrogens is 288 g/mol. The van der Waals surface area contributed by atoms with E-state index in [1.54, 1.807) is 0 Å². The summed E-state index contributed by atoms with van der Waals surface area (Å²) in [5.41, 5.74) is -0.500. The number of nitrogens with zero attached hydrogens (tertiary/aromatic N) is 4. The molecular formula is C9H10N6O4S. The van der Waals surface area contributed by atoms with Crippen LogP contribution in [0.2, 0.25) is 0 Å². The number of sulfonamides is 1. The Labute approximate surface area is 113 Å². The smallest absolute Gasteiger partial charge is 0.258 e. The number of nitro benzene ring substituents is 1. The number of tetrazole rings is 1. The molecule has 1 aromatic heterocycles. The fraction of sp³-hybridized carbons (Fsp3) is 0.222. The van der Waals surface area contributed by atoms with Crippen molar-refractivity contribution < 1.29 is 13.3 Å². The molecule has 0 fully saturated rings. The van der Waals surface area contributed by atoms with Crippen LogP contribution in [-0.4, -0.2) is 34.0 Å². The maximum absolute atomic E-state index is 12.2. The van der Waals surface area contributed by atoms with Crippen LogP contribution in [-0.2, 0) is 10.0 Å². The van der Waals surface area contributed by atoms with Gasteiger partial charge in [0.1, 0.15) is 0 Å². The highest BCUT2D eigenvalue weighted by Crippen LogP contribution is 2.24. The zero-order valence-electron chi connectivity index (χ0n) is 10.2. The van der Waals surface area contributed by atoms with Gasteiger partial charge in [0, 0.05) is 6.07 Å². The SMILES string of the molecule is CC(NS(=O)(=O)c1ccccc1[N+](=O)[O-])c1nn[nH]n1. The van der Waals surface area contributed by atoms with Crippen molar-refractivity contribution in [2.45, 2.75) is 17.9 Å². The Balaban J connectivity index is 2.34. The van der Waals surface area contributed by atoms with Crippen LogP contribution in [0.5, 0.6) is 0 Å². The summed E-state index contributed by atoms with van der Waals surface area (Å²) in [6, 6.07) is 4.29. The van der Waals surface area contributed by atoms with E-state index < -0.39 is 31.6 Å². The molecule has 0 aliphatic carbocycles. The molecule has 0 aliphatic rings. The number of hydrogen-bond donors (Lipinski definition) is 2. The third-order valence-electron chi connectivity index (χ3n) is 2.43. The summed E-state index contributed by atoms with van der Waals surface area (Å²) in [7, 11) is -4.07. The average molecular weight is 298 g/mol. The van der Waals surface area contributed by atoms with Crippen molar-refractivity contribution in [2.24, 2.45) is 0 Å². The number of para-hydroxylation sites is 1. The van der Waals surface area contributed by atoms with Crippen molar-refractivity contribution in [3.8, 4) is 0 Å². The minimum absolute atomic E-state index is 0.132. The Bertz CT molecular complexity index is 714. The van der Waals surface area contributed by atoms with E-state index in [-0.39, 0.29) is 5.82 Å². The predicted octanol–water partition coefficient (Wildman–Crippen LogP) is 0.147. The first-order valence-corrected chi connectivity index (χ1v) is 6.89. The molecule has 1 unspecified atom stereocenters. The van der Waals surface area contributed by atoms with Crippen molar-refractivity contribution >= 4 is 15.7 Å². The Hall–Kier alpha value is -2.40. The fourth-order valence-corrected chi connectivity index (χ4v) is 2.91. The van der Waals surface area contributed by atoms with Gasteiger partial charge in [-0.15, -0.1) is 10.2 Å². The second-order valence-corrected chi connectivity index (χ2v) is 5.52. The highest BCUT2D eigenvalue weighted by atomic mass is 32.2. The van der Waals surface area contributed by atoms with Crippen LogP contribution in [0.25, 0.3) is 0 Å². The first-order chi connectivity index (χ1) is 9.42. The number of rotatable bonds is 5. The molecule has 1 aromatic carbocycles. The quantitative estimate of drug-likeness (QED) is 0.590. The Morgan fingerprint density at radius 1 is 1.40 bits per heavy atom. The normalized spacial score (nSPS) is 13.1. The fourth-order valence-electron chi connectivity index (χ4n) is 1.54. The number of nitrogens with one attached hydrogen (secondary N) is 2. The largest absolute Gasteiger partial charge is 0.289 e. The Morgan fingerprint density at radius 3 is 2.70 bits per heavy atom. The van der Waals surface area contributed by atoms with Crippen LogP contribution >= 0.6 is 0 Å². The Morgan fingerprint density at radius 2 is 2.10 bits per heavy atom. The molecule has 0 amide bonds. The number of aromatic amines is 1. The third kappa shape index (κ3) is 2.78. The predicted molar refractivity (Wildman–Crippen MR) is 66.0 cm³/mol. The number of hydrogen-bond acceptors (Lipinski definition) is 7. The van der Waals surface area contributed by atoms with Gasteiger partial charge in [0.25, 0.3) is 5.69 Å². The lowest BCUT2D eigenvalue weighted by Gasteiger charge is -2.10. The van der Waals surface area contributed by atoms with E-state index in [1.807, 2.05) is 0 Å². The first-order valence-electron chi connectivity index (χ1n) is 5.41. The highest BCUT2D eigenvalue weighted by molar-refractivity contribution is 7.89. The monoisotopic (exact) mass is 298 g/mol. The van der Waals surface area contributed by atoms with E-state index in [9.17, 15) is 18.5 Å². The van der Waals surface area contributed by atoms with Gasteiger partial charge in [-0.2, -0.15) is 5.21 Å². The van der Waals surface area contributed by atoms with Crippen LogP contribution in [0.4, 0.5) is 5.69 Å². The number of aromatic nitrogens is 4. The van der Waals surface area contributed by atoms with E-state index in [1.165, 1.54) is 19.1 Å². The van der Waals surface area contributed by atoms with E-state index in [0.717, 1.165) is 12.1 Å². The minimum atomic E-state index is -4.07. The molecule has 0 radical (unpaired) electrons. The Kier molecular flexibility index (Phi) is 3.72. The molecule has 20 heavy (non-hydrogen) atoms. The van der Waals surface area contributed by atoms with Crippen molar-refractivity contribution in [1.82, 2.24) is 25.3 Å². The summed E-state index contributed by atoms with van der Waals surface area (Å²) in [5.74, 6) is 0.132.